The Morgan fingerprint density at radius 3 is 2.34 bits per heavy atom. The third kappa shape index (κ3) is 6.08. The molecule has 188 valence electrons. The molecule has 0 fully saturated rings. The molecular weight excluding hydrogens is 510 g/mol. The maximum atomic E-state index is 13.1. The summed E-state index contributed by atoms with van der Waals surface area (Å²) in [5.74, 6) is -0.474. The van der Waals surface area contributed by atoms with Gasteiger partial charge in [0.05, 0.1) is 28.3 Å². The van der Waals surface area contributed by atoms with Gasteiger partial charge in [0, 0.05) is 44.4 Å². The lowest BCUT2D eigenvalue weighted by molar-refractivity contribution is 0.0997. The molecule has 3 aromatic rings. The van der Waals surface area contributed by atoms with Crippen LogP contribution < -0.4 is 4.80 Å². The summed E-state index contributed by atoms with van der Waals surface area (Å²) in [6, 6.07) is 9.49. The zero-order valence-electron chi connectivity index (χ0n) is 19.9. The van der Waals surface area contributed by atoms with Crippen molar-refractivity contribution < 1.29 is 22.7 Å². The second kappa shape index (κ2) is 12.1. The van der Waals surface area contributed by atoms with Crippen molar-refractivity contribution in [1.82, 2.24) is 8.87 Å². The molecule has 0 saturated heterocycles. The quantitative estimate of drug-likeness (QED) is 0.346. The van der Waals surface area contributed by atoms with Gasteiger partial charge in [-0.2, -0.15) is 9.30 Å². The Kier molecular flexibility index (Phi) is 9.40. The molecular formula is C24H28ClN3O5S2. The zero-order chi connectivity index (χ0) is 25.6. The first kappa shape index (κ1) is 27.3. The van der Waals surface area contributed by atoms with E-state index in [-0.39, 0.29) is 36.8 Å². The summed E-state index contributed by atoms with van der Waals surface area (Å²) in [6.07, 6.45) is 1.73. The van der Waals surface area contributed by atoms with Crippen molar-refractivity contribution >= 4 is 49.1 Å². The SMILES string of the molecule is C=CCn1c(=NC(=O)c2ccc(S(=O)(=O)N(CCOC)CCOC)cc2)sc2ccc(Cl)c(C)c21. The van der Waals surface area contributed by atoms with Crippen LogP contribution in [0, 0.1) is 6.92 Å². The van der Waals surface area contributed by atoms with Gasteiger partial charge in [-0.05, 0) is 48.9 Å². The van der Waals surface area contributed by atoms with Crippen LogP contribution in [0.1, 0.15) is 15.9 Å². The van der Waals surface area contributed by atoms with Crippen LogP contribution in [0.15, 0.2) is 58.9 Å². The number of benzene rings is 2. The molecule has 0 spiro atoms. The average molecular weight is 538 g/mol. The Morgan fingerprint density at radius 1 is 1.14 bits per heavy atom. The number of aryl methyl sites for hydroxylation is 1. The number of allylic oxidation sites excluding steroid dienone is 1. The monoisotopic (exact) mass is 537 g/mol. The molecule has 0 aliphatic heterocycles. The second-order valence-corrected chi connectivity index (χ2v) is 11.0. The third-order valence-electron chi connectivity index (χ3n) is 5.37. The van der Waals surface area contributed by atoms with Crippen molar-refractivity contribution in [3.8, 4) is 0 Å². The number of amides is 1. The van der Waals surface area contributed by atoms with E-state index in [1.807, 2.05) is 23.6 Å². The van der Waals surface area contributed by atoms with E-state index in [2.05, 4.69) is 11.6 Å². The number of fused-ring (bicyclic) bond motifs is 1. The van der Waals surface area contributed by atoms with E-state index in [1.54, 1.807) is 6.08 Å². The van der Waals surface area contributed by atoms with E-state index in [0.29, 0.717) is 16.4 Å². The van der Waals surface area contributed by atoms with Gasteiger partial charge in [-0.3, -0.25) is 4.79 Å². The summed E-state index contributed by atoms with van der Waals surface area (Å²) in [5.41, 5.74) is 2.08. The molecule has 0 radical (unpaired) electrons. The van der Waals surface area contributed by atoms with Crippen molar-refractivity contribution in [2.75, 3.05) is 40.5 Å². The number of carbonyl (C=O) groups excluding carboxylic acids is 1. The molecule has 8 nitrogen and oxygen atoms in total. The standard InChI is InChI=1S/C24H28ClN3O5S2/c1-5-12-28-22-17(2)20(25)10-11-21(22)34-24(28)26-23(29)18-6-8-19(9-7-18)35(30,31)27(13-15-32-3)14-16-33-4/h5-11H,1,12-16H2,2-4H3. The molecule has 0 aliphatic rings. The molecule has 3 rings (SSSR count). The van der Waals surface area contributed by atoms with Crippen LogP contribution in [-0.2, 0) is 26.0 Å². The number of sulfonamides is 1. The number of thiazole rings is 1. The fraction of sp³-hybridized carbons (Fsp3) is 0.333. The maximum absolute atomic E-state index is 13.1. The number of methoxy groups -OCH3 is 2. The summed E-state index contributed by atoms with van der Waals surface area (Å²) < 4.78 is 40.4. The Bertz CT molecular complexity index is 1370. The highest BCUT2D eigenvalue weighted by Gasteiger charge is 2.24. The fourth-order valence-electron chi connectivity index (χ4n) is 3.51. The average Bonchev–Trinajstić information content (AvgIpc) is 3.19. The molecule has 0 bridgehead atoms. The molecule has 35 heavy (non-hydrogen) atoms. The van der Waals surface area contributed by atoms with Crippen LogP contribution in [-0.4, -0.2) is 63.7 Å². The third-order valence-corrected chi connectivity index (χ3v) is 8.73. The summed E-state index contributed by atoms with van der Waals surface area (Å²) in [7, 11) is -0.761. The topological polar surface area (TPSA) is 90.2 Å². The zero-order valence-corrected chi connectivity index (χ0v) is 22.3. The van der Waals surface area contributed by atoms with Crippen LogP contribution in [0.5, 0.6) is 0 Å². The predicted molar refractivity (Wildman–Crippen MR) is 139 cm³/mol. The summed E-state index contributed by atoms with van der Waals surface area (Å²) in [6.45, 7) is 7.08. The summed E-state index contributed by atoms with van der Waals surface area (Å²) >= 11 is 7.68. The number of hydrogen-bond acceptors (Lipinski definition) is 6. The van der Waals surface area contributed by atoms with Crippen LogP contribution in [0.4, 0.5) is 0 Å². The molecule has 1 heterocycles. The van der Waals surface area contributed by atoms with Crippen molar-refractivity contribution in [1.29, 1.82) is 0 Å². The molecule has 2 aromatic carbocycles. The van der Waals surface area contributed by atoms with Gasteiger partial charge in [-0.25, -0.2) is 8.42 Å². The normalized spacial score (nSPS) is 12.5. The number of halogens is 1. The first-order valence-corrected chi connectivity index (χ1v) is 13.4. The van der Waals surface area contributed by atoms with E-state index in [1.165, 1.54) is 54.1 Å². The van der Waals surface area contributed by atoms with Gasteiger partial charge in [-0.15, -0.1) is 6.58 Å². The Labute approximate surface area is 214 Å². The van der Waals surface area contributed by atoms with Gasteiger partial charge in [0.25, 0.3) is 5.91 Å². The van der Waals surface area contributed by atoms with Gasteiger partial charge in [0.15, 0.2) is 4.80 Å². The molecule has 0 N–H and O–H groups in total. The molecule has 11 heteroatoms. The number of hydrogen-bond donors (Lipinski definition) is 0. The molecule has 1 amide bonds. The Balaban J connectivity index is 1.95. The van der Waals surface area contributed by atoms with Crippen LogP contribution >= 0.6 is 22.9 Å². The number of nitrogens with zero attached hydrogens (tertiary/aromatic N) is 3. The summed E-state index contributed by atoms with van der Waals surface area (Å²) in [5, 5.41) is 0.632. The van der Waals surface area contributed by atoms with E-state index >= 15 is 0 Å². The van der Waals surface area contributed by atoms with Crippen LogP contribution in [0.25, 0.3) is 10.2 Å². The number of aromatic nitrogens is 1. The predicted octanol–water partition coefficient (Wildman–Crippen LogP) is 3.88. The number of ether oxygens (including phenoxy) is 2. The van der Waals surface area contributed by atoms with Crippen LogP contribution in [0.3, 0.4) is 0 Å². The fourth-order valence-corrected chi connectivity index (χ4v) is 6.17. The van der Waals surface area contributed by atoms with Gasteiger partial charge >= 0.3 is 0 Å². The van der Waals surface area contributed by atoms with Gasteiger partial charge < -0.3 is 14.0 Å². The molecule has 0 unspecified atom stereocenters. The van der Waals surface area contributed by atoms with Gasteiger partial charge in [-0.1, -0.05) is 29.0 Å². The largest absolute Gasteiger partial charge is 0.383 e. The molecule has 0 saturated carbocycles. The number of carbonyl (C=O) groups is 1. The lowest BCUT2D eigenvalue weighted by Crippen LogP contribution is -2.36. The maximum Gasteiger partial charge on any atom is 0.279 e. The lowest BCUT2D eigenvalue weighted by atomic mass is 10.2. The molecule has 0 atom stereocenters. The van der Waals surface area contributed by atoms with Crippen molar-refractivity contribution in [2.24, 2.45) is 4.99 Å². The van der Waals surface area contributed by atoms with E-state index in [9.17, 15) is 13.2 Å². The smallest absolute Gasteiger partial charge is 0.279 e. The highest BCUT2D eigenvalue weighted by atomic mass is 35.5. The van der Waals surface area contributed by atoms with Gasteiger partial charge in [0.2, 0.25) is 10.0 Å². The minimum atomic E-state index is -3.78. The number of rotatable bonds is 11. The van der Waals surface area contributed by atoms with Crippen molar-refractivity contribution in [3.63, 3.8) is 0 Å². The first-order valence-electron chi connectivity index (χ1n) is 10.8. The highest BCUT2D eigenvalue weighted by Crippen LogP contribution is 2.27. The Hall–Kier alpha value is -2.34. The van der Waals surface area contributed by atoms with E-state index < -0.39 is 15.9 Å². The minimum absolute atomic E-state index is 0.0788. The summed E-state index contributed by atoms with van der Waals surface area (Å²) in [4.78, 5) is 17.9. The minimum Gasteiger partial charge on any atom is -0.383 e. The highest BCUT2D eigenvalue weighted by molar-refractivity contribution is 7.89. The van der Waals surface area contributed by atoms with Crippen molar-refractivity contribution in [3.05, 3.63) is 70.0 Å². The molecule has 1 aromatic heterocycles. The van der Waals surface area contributed by atoms with Crippen LogP contribution in [0.2, 0.25) is 5.02 Å². The molecule has 0 aliphatic carbocycles. The lowest BCUT2D eigenvalue weighted by Gasteiger charge is -2.21. The van der Waals surface area contributed by atoms with E-state index in [4.69, 9.17) is 21.1 Å². The Morgan fingerprint density at radius 2 is 1.77 bits per heavy atom. The second-order valence-electron chi connectivity index (χ2n) is 7.63. The first-order chi connectivity index (χ1) is 16.7. The van der Waals surface area contributed by atoms with E-state index in [0.717, 1.165) is 15.8 Å². The van der Waals surface area contributed by atoms with Crippen molar-refractivity contribution in [2.45, 2.75) is 18.4 Å². The van der Waals surface area contributed by atoms with Gasteiger partial charge in [0.1, 0.15) is 0 Å².